The van der Waals surface area contributed by atoms with Crippen LogP contribution in [-0.2, 0) is 0 Å². The van der Waals surface area contributed by atoms with Gasteiger partial charge in [-0.1, -0.05) is 19.8 Å². The van der Waals surface area contributed by atoms with E-state index >= 15 is 0 Å². The molecule has 0 aromatic heterocycles. The molecule has 1 nitrogen and oxygen atoms in total. The quantitative estimate of drug-likeness (QED) is 0.568. The van der Waals surface area contributed by atoms with Crippen LogP contribution in [0.1, 0.15) is 45.4 Å². The molecule has 0 heterocycles. The van der Waals surface area contributed by atoms with Crippen molar-refractivity contribution in [2.45, 2.75) is 51.0 Å². The molecule has 3 unspecified atom stereocenters. The summed E-state index contributed by atoms with van der Waals surface area (Å²) in [6, 6.07) is 0. The molecule has 3 atom stereocenters. The topological polar surface area (TPSA) is 26.0 Å². The number of hydrogen-bond acceptors (Lipinski definition) is 1. The molecule has 0 aromatic rings. The van der Waals surface area contributed by atoms with Gasteiger partial charge in [0.2, 0.25) is 0 Å². The monoisotopic (exact) mass is 153 g/mol. The van der Waals surface area contributed by atoms with Gasteiger partial charge in [0.15, 0.2) is 0 Å². The van der Waals surface area contributed by atoms with Crippen LogP contribution in [0.4, 0.5) is 0 Å². The highest BCUT2D eigenvalue weighted by molar-refractivity contribution is 5.02. The van der Waals surface area contributed by atoms with Gasteiger partial charge < -0.3 is 5.73 Å². The standard InChI is InChI=1S/C10H19N/c1-8-5-6-9-4-2-3-7-10(8,9)11/h8-9H,2-7,11H2,1H3. The Labute approximate surface area is 69.4 Å². The van der Waals surface area contributed by atoms with Crippen molar-refractivity contribution < 1.29 is 0 Å². The third-order valence-electron chi connectivity index (χ3n) is 4.04. The van der Waals surface area contributed by atoms with Crippen molar-refractivity contribution in [1.29, 1.82) is 0 Å². The maximum Gasteiger partial charge on any atom is 0.0208 e. The summed E-state index contributed by atoms with van der Waals surface area (Å²) >= 11 is 0. The molecule has 64 valence electrons. The summed E-state index contributed by atoms with van der Waals surface area (Å²) < 4.78 is 0. The van der Waals surface area contributed by atoms with Crippen LogP contribution in [0.3, 0.4) is 0 Å². The highest BCUT2D eigenvalue weighted by atomic mass is 14.8. The van der Waals surface area contributed by atoms with Gasteiger partial charge in [-0.3, -0.25) is 0 Å². The van der Waals surface area contributed by atoms with Gasteiger partial charge in [0.1, 0.15) is 0 Å². The zero-order valence-corrected chi connectivity index (χ0v) is 7.47. The van der Waals surface area contributed by atoms with Gasteiger partial charge in [-0.15, -0.1) is 0 Å². The Bertz CT molecular complexity index is 153. The molecule has 0 bridgehead atoms. The molecule has 1 heteroatoms. The molecule has 0 spiro atoms. The summed E-state index contributed by atoms with van der Waals surface area (Å²) in [5.41, 5.74) is 6.66. The van der Waals surface area contributed by atoms with E-state index in [1.54, 1.807) is 0 Å². The van der Waals surface area contributed by atoms with Crippen molar-refractivity contribution in [2.75, 3.05) is 0 Å². The van der Waals surface area contributed by atoms with Gasteiger partial charge in [-0.25, -0.2) is 0 Å². The molecule has 0 aromatic carbocycles. The van der Waals surface area contributed by atoms with Crippen LogP contribution in [0.5, 0.6) is 0 Å². The predicted octanol–water partition coefficient (Wildman–Crippen LogP) is 2.30. The van der Waals surface area contributed by atoms with Crippen molar-refractivity contribution in [3.8, 4) is 0 Å². The minimum atomic E-state index is 0.248. The highest BCUT2D eigenvalue weighted by Crippen LogP contribution is 2.47. The molecule has 2 rings (SSSR count). The first-order chi connectivity index (χ1) is 5.23. The van der Waals surface area contributed by atoms with Crippen LogP contribution in [0, 0.1) is 11.8 Å². The highest BCUT2D eigenvalue weighted by Gasteiger charge is 2.45. The first-order valence-corrected chi connectivity index (χ1v) is 5.02. The van der Waals surface area contributed by atoms with E-state index in [4.69, 9.17) is 5.73 Å². The van der Waals surface area contributed by atoms with Crippen LogP contribution >= 0.6 is 0 Å². The number of fused-ring (bicyclic) bond motifs is 1. The van der Waals surface area contributed by atoms with Crippen molar-refractivity contribution in [1.82, 2.24) is 0 Å². The molecule has 2 fully saturated rings. The molecule has 0 saturated heterocycles. The van der Waals surface area contributed by atoms with Gasteiger partial charge in [0, 0.05) is 5.54 Å². The van der Waals surface area contributed by atoms with Crippen molar-refractivity contribution in [3.05, 3.63) is 0 Å². The van der Waals surface area contributed by atoms with Crippen LogP contribution in [0.15, 0.2) is 0 Å². The molecular weight excluding hydrogens is 134 g/mol. The predicted molar refractivity (Wildman–Crippen MR) is 47.3 cm³/mol. The Hall–Kier alpha value is -0.0400. The van der Waals surface area contributed by atoms with Gasteiger partial charge >= 0.3 is 0 Å². The van der Waals surface area contributed by atoms with Crippen molar-refractivity contribution >= 4 is 0 Å². The maximum atomic E-state index is 6.41. The third kappa shape index (κ3) is 1.01. The Kier molecular flexibility index (Phi) is 1.71. The summed E-state index contributed by atoms with van der Waals surface area (Å²) in [4.78, 5) is 0. The van der Waals surface area contributed by atoms with Crippen LogP contribution < -0.4 is 5.73 Å². The Morgan fingerprint density at radius 3 is 2.73 bits per heavy atom. The molecular formula is C10H19N. The molecule has 0 radical (unpaired) electrons. The molecule has 2 N–H and O–H groups in total. The van der Waals surface area contributed by atoms with E-state index in [0.717, 1.165) is 11.8 Å². The second-order valence-electron chi connectivity index (χ2n) is 4.53. The summed E-state index contributed by atoms with van der Waals surface area (Å²) in [5.74, 6) is 1.65. The van der Waals surface area contributed by atoms with Crippen LogP contribution in [-0.4, -0.2) is 5.54 Å². The molecule has 2 aliphatic carbocycles. The zero-order chi connectivity index (χ0) is 7.90. The first kappa shape index (κ1) is 7.60. The average Bonchev–Trinajstić information content (AvgIpc) is 2.29. The minimum absolute atomic E-state index is 0.248. The fraction of sp³-hybridized carbons (Fsp3) is 1.00. The lowest BCUT2D eigenvalue weighted by molar-refractivity contribution is 0.185. The van der Waals surface area contributed by atoms with E-state index in [-0.39, 0.29) is 5.54 Å². The van der Waals surface area contributed by atoms with Gasteiger partial charge in [0.05, 0.1) is 0 Å². The third-order valence-corrected chi connectivity index (χ3v) is 4.04. The van der Waals surface area contributed by atoms with E-state index in [9.17, 15) is 0 Å². The Morgan fingerprint density at radius 2 is 2.00 bits per heavy atom. The molecule has 0 aliphatic heterocycles. The number of nitrogens with two attached hydrogens (primary N) is 1. The molecule has 2 aliphatic rings. The van der Waals surface area contributed by atoms with E-state index in [2.05, 4.69) is 6.92 Å². The number of hydrogen-bond donors (Lipinski definition) is 1. The fourth-order valence-corrected chi connectivity index (χ4v) is 3.08. The lowest BCUT2D eigenvalue weighted by atomic mass is 9.72. The second-order valence-corrected chi connectivity index (χ2v) is 4.53. The summed E-state index contributed by atoms with van der Waals surface area (Å²) in [7, 11) is 0. The Balaban J connectivity index is 2.16. The molecule has 2 saturated carbocycles. The van der Waals surface area contributed by atoms with Gasteiger partial charge in [-0.05, 0) is 37.5 Å². The summed E-state index contributed by atoms with van der Waals surface area (Å²) in [5, 5.41) is 0. The van der Waals surface area contributed by atoms with Gasteiger partial charge in [-0.2, -0.15) is 0 Å². The summed E-state index contributed by atoms with van der Waals surface area (Å²) in [6.07, 6.45) is 8.27. The average molecular weight is 153 g/mol. The lowest BCUT2D eigenvalue weighted by Crippen LogP contribution is -2.49. The van der Waals surface area contributed by atoms with E-state index in [0.29, 0.717) is 0 Å². The maximum absolute atomic E-state index is 6.41. The fourth-order valence-electron chi connectivity index (χ4n) is 3.08. The van der Waals surface area contributed by atoms with Crippen molar-refractivity contribution in [2.24, 2.45) is 17.6 Å². The molecule has 0 amide bonds. The largest absolute Gasteiger partial charge is 0.325 e. The van der Waals surface area contributed by atoms with Gasteiger partial charge in [0.25, 0.3) is 0 Å². The SMILES string of the molecule is CC1CCC2CCCCC12N. The Morgan fingerprint density at radius 1 is 1.18 bits per heavy atom. The van der Waals surface area contributed by atoms with E-state index in [1.165, 1.54) is 38.5 Å². The lowest BCUT2D eigenvalue weighted by Gasteiger charge is -2.39. The first-order valence-electron chi connectivity index (χ1n) is 5.02. The zero-order valence-electron chi connectivity index (χ0n) is 7.47. The smallest absolute Gasteiger partial charge is 0.0208 e. The minimum Gasteiger partial charge on any atom is -0.325 e. The second kappa shape index (κ2) is 2.48. The van der Waals surface area contributed by atoms with Crippen LogP contribution in [0.2, 0.25) is 0 Å². The van der Waals surface area contributed by atoms with Crippen LogP contribution in [0.25, 0.3) is 0 Å². The normalized spacial score (nSPS) is 50.7. The van der Waals surface area contributed by atoms with Crippen molar-refractivity contribution in [3.63, 3.8) is 0 Å². The molecule has 11 heavy (non-hydrogen) atoms. The van der Waals surface area contributed by atoms with E-state index in [1.807, 2.05) is 0 Å². The summed E-state index contributed by atoms with van der Waals surface area (Å²) in [6.45, 7) is 2.34. The van der Waals surface area contributed by atoms with E-state index < -0.39 is 0 Å². The number of rotatable bonds is 0.